The van der Waals surface area contributed by atoms with Crippen molar-refractivity contribution in [1.29, 1.82) is 0 Å². The maximum Gasteiger partial charge on any atom is 0.261 e. The fraction of sp³-hybridized carbons (Fsp3) is 0.294. The van der Waals surface area contributed by atoms with Crippen LogP contribution in [-0.2, 0) is 11.3 Å². The number of carbonyl (C=O) groups excluding carboxylic acids is 1. The van der Waals surface area contributed by atoms with Crippen LogP contribution in [0, 0.1) is 6.92 Å². The molecule has 0 bridgehead atoms. The number of aryl methyl sites for hydroxylation is 1. The quantitative estimate of drug-likeness (QED) is 0.766. The second-order valence-corrected chi connectivity index (χ2v) is 5.66. The highest BCUT2D eigenvalue weighted by molar-refractivity contribution is 5.81. The highest BCUT2D eigenvalue weighted by atomic mass is 16.2. The lowest BCUT2D eigenvalue weighted by Gasteiger charge is -2.15. The van der Waals surface area contributed by atoms with Crippen LogP contribution in [0.15, 0.2) is 47.7 Å². The summed E-state index contributed by atoms with van der Waals surface area (Å²) in [4.78, 5) is 29.0. The predicted molar refractivity (Wildman–Crippen MR) is 90.7 cm³/mol. The minimum atomic E-state index is -0.631. The van der Waals surface area contributed by atoms with Gasteiger partial charge >= 0.3 is 0 Å². The van der Waals surface area contributed by atoms with Gasteiger partial charge in [-0.1, -0.05) is 12.1 Å². The molecule has 0 radical (unpaired) electrons. The van der Waals surface area contributed by atoms with E-state index >= 15 is 0 Å². The molecule has 1 unspecified atom stereocenters. The molecule has 0 saturated heterocycles. The zero-order chi connectivity index (χ0) is 17.1. The number of rotatable bonds is 5. The number of amides is 1. The second kappa shape index (κ2) is 6.66. The number of fused-ring (bicyclic) bond motifs is 1. The molecule has 7 heteroatoms. The molecule has 124 valence electrons. The van der Waals surface area contributed by atoms with Crippen LogP contribution >= 0.6 is 0 Å². The van der Waals surface area contributed by atoms with E-state index in [-0.39, 0.29) is 11.5 Å². The molecule has 0 aliphatic heterocycles. The SMILES string of the molecule is Cc1ccn(CCNC(=O)C(C)n2cnc3ccccc3c2=O)n1. The average molecular weight is 325 g/mol. The Kier molecular flexibility index (Phi) is 4.41. The Bertz CT molecular complexity index is 928. The van der Waals surface area contributed by atoms with Gasteiger partial charge in [-0.25, -0.2) is 4.98 Å². The number of benzene rings is 1. The van der Waals surface area contributed by atoms with E-state index in [9.17, 15) is 9.59 Å². The highest BCUT2D eigenvalue weighted by Gasteiger charge is 2.17. The Labute approximate surface area is 138 Å². The third-order valence-electron chi connectivity index (χ3n) is 3.90. The monoisotopic (exact) mass is 325 g/mol. The van der Waals surface area contributed by atoms with Crippen molar-refractivity contribution in [2.45, 2.75) is 26.4 Å². The van der Waals surface area contributed by atoms with Gasteiger partial charge in [-0.15, -0.1) is 0 Å². The smallest absolute Gasteiger partial charge is 0.261 e. The molecule has 24 heavy (non-hydrogen) atoms. The fourth-order valence-electron chi connectivity index (χ4n) is 2.51. The van der Waals surface area contributed by atoms with Gasteiger partial charge in [-0.2, -0.15) is 5.10 Å². The third-order valence-corrected chi connectivity index (χ3v) is 3.90. The van der Waals surface area contributed by atoms with Crippen molar-refractivity contribution in [1.82, 2.24) is 24.6 Å². The Balaban J connectivity index is 1.69. The third kappa shape index (κ3) is 3.19. The summed E-state index contributed by atoms with van der Waals surface area (Å²) in [6.07, 6.45) is 3.29. The first kappa shape index (κ1) is 15.9. The van der Waals surface area contributed by atoms with Crippen LogP contribution in [0.1, 0.15) is 18.7 Å². The number of para-hydroxylation sites is 1. The Hall–Kier alpha value is -2.96. The molecule has 1 atom stereocenters. The van der Waals surface area contributed by atoms with Gasteiger partial charge in [0.1, 0.15) is 6.04 Å². The lowest BCUT2D eigenvalue weighted by atomic mass is 10.2. The highest BCUT2D eigenvalue weighted by Crippen LogP contribution is 2.08. The summed E-state index contributed by atoms with van der Waals surface area (Å²) in [5.41, 5.74) is 1.34. The van der Waals surface area contributed by atoms with Crippen LogP contribution in [0.2, 0.25) is 0 Å². The first-order valence-electron chi connectivity index (χ1n) is 7.80. The summed E-state index contributed by atoms with van der Waals surface area (Å²) in [6.45, 7) is 4.62. The summed E-state index contributed by atoms with van der Waals surface area (Å²) in [6, 6.07) is 8.38. The van der Waals surface area contributed by atoms with Crippen LogP contribution in [0.25, 0.3) is 10.9 Å². The molecule has 1 aromatic carbocycles. The number of carbonyl (C=O) groups is 1. The lowest BCUT2D eigenvalue weighted by molar-refractivity contribution is -0.124. The molecular formula is C17H19N5O2. The zero-order valence-electron chi connectivity index (χ0n) is 13.6. The molecule has 2 aromatic heterocycles. The van der Waals surface area contributed by atoms with E-state index in [4.69, 9.17) is 0 Å². The molecule has 0 aliphatic carbocycles. The summed E-state index contributed by atoms with van der Waals surface area (Å²) in [7, 11) is 0. The zero-order valence-corrected chi connectivity index (χ0v) is 13.6. The van der Waals surface area contributed by atoms with Crippen LogP contribution in [-0.4, -0.2) is 31.8 Å². The van der Waals surface area contributed by atoms with Gasteiger partial charge in [0.15, 0.2) is 0 Å². The molecule has 1 N–H and O–H groups in total. The molecule has 0 aliphatic rings. The summed E-state index contributed by atoms with van der Waals surface area (Å²) >= 11 is 0. The molecule has 7 nitrogen and oxygen atoms in total. The van der Waals surface area contributed by atoms with Crippen molar-refractivity contribution < 1.29 is 4.79 Å². The minimum Gasteiger partial charge on any atom is -0.352 e. The summed E-state index contributed by atoms with van der Waals surface area (Å²) in [5, 5.41) is 7.59. The van der Waals surface area contributed by atoms with Crippen molar-refractivity contribution in [2.75, 3.05) is 6.54 Å². The number of nitrogens with zero attached hydrogens (tertiary/aromatic N) is 4. The number of aromatic nitrogens is 4. The number of hydrogen-bond donors (Lipinski definition) is 1. The lowest BCUT2D eigenvalue weighted by Crippen LogP contribution is -2.37. The van der Waals surface area contributed by atoms with E-state index in [1.165, 1.54) is 10.9 Å². The second-order valence-electron chi connectivity index (χ2n) is 5.66. The largest absolute Gasteiger partial charge is 0.352 e. The van der Waals surface area contributed by atoms with E-state index in [1.807, 2.05) is 25.3 Å². The van der Waals surface area contributed by atoms with Crippen molar-refractivity contribution in [3.05, 3.63) is 58.9 Å². The molecule has 3 rings (SSSR count). The van der Waals surface area contributed by atoms with Gasteiger partial charge < -0.3 is 5.32 Å². The van der Waals surface area contributed by atoms with Gasteiger partial charge in [0, 0.05) is 12.7 Å². The van der Waals surface area contributed by atoms with Crippen molar-refractivity contribution in [3.63, 3.8) is 0 Å². The first-order chi connectivity index (χ1) is 11.6. The molecule has 2 heterocycles. The molecule has 0 saturated carbocycles. The standard InChI is InChI=1S/C17H19N5O2/c1-12-7-9-21(20-12)10-8-18-16(23)13(2)22-11-19-15-6-4-3-5-14(15)17(22)24/h3-7,9,11,13H,8,10H2,1-2H3,(H,18,23). The molecule has 3 aromatic rings. The average Bonchev–Trinajstić information content (AvgIpc) is 3.00. The van der Waals surface area contributed by atoms with Crippen LogP contribution in [0.3, 0.4) is 0 Å². The van der Waals surface area contributed by atoms with E-state index in [0.29, 0.717) is 24.0 Å². The van der Waals surface area contributed by atoms with Crippen molar-refractivity contribution in [3.8, 4) is 0 Å². The van der Waals surface area contributed by atoms with Gasteiger partial charge in [0.05, 0.1) is 29.5 Å². The Morgan fingerprint density at radius 3 is 2.83 bits per heavy atom. The maximum atomic E-state index is 12.5. The van der Waals surface area contributed by atoms with Crippen LogP contribution < -0.4 is 10.9 Å². The van der Waals surface area contributed by atoms with Gasteiger partial charge in [-0.3, -0.25) is 18.8 Å². The maximum absolute atomic E-state index is 12.5. The van der Waals surface area contributed by atoms with Gasteiger partial charge in [0.2, 0.25) is 5.91 Å². The first-order valence-corrected chi connectivity index (χ1v) is 7.80. The van der Waals surface area contributed by atoms with E-state index < -0.39 is 6.04 Å². The van der Waals surface area contributed by atoms with Crippen molar-refractivity contribution >= 4 is 16.8 Å². The summed E-state index contributed by atoms with van der Waals surface area (Å²) in [5.74, 6) is -0.224. The molecule has 0 fully saturated rings. The predicted octanol–water partition coefficient (Wildman–Crippen LogP) is 1.28. The number of hydrogen-bond acceptors (Lipinski definition) is 4. The van der Waals surface area contributed by atoms with Crippen molar-refractivity contribution in [2.24, 2.45) is 0 Å². The molecule has 1 amide bonds. The van der Waals surface area contributed by atoms with Crippen LogP contribution in [0.4, 0.5) is 0 Å². The van der Waals surface area contributed by atoms with Gasteiger partial charge in [0.25, 0.3) is 5.56 Å². The van der Waals surface area contributed by atoms with E-state index in [2.05, 4.69) is 15.4 Å². The molecule has 0 spiro atoms. The minimum absolute atomic E-state index is 0.217. The fourth-order valence-corrected chi connectivity index (χ4v) is 2.51. The molecular weight excluding hydrogens is 306 g/mol. The Morgan fingerprint density at radius 1 is 1.29 bits per heavy atom. The topological polar surface area (TPSA) is 81.8 Å². The van der Waals surface area contributed by atoms with E-state index in [0.717, 1.165) is 5.69 Å². The van der Waals surface area contributed by atoms with Gasteiger partial charge in [-0.05, 0) is 32.0 Å². The number of nitrogens with one attached hydrogen (secondary N) is 1. The summed E-state index contributed by atoms with van der Waals surface area (Å²) < 4.78 is 3.12. The van der Waals surface area contributed by atoms with Crippen LogP contribution in [0.5, 0.6) is 0 Å². The normalized spacial score (nSPS) is 12.2. The Morgan fingerprint density at radius 2 is 2.08 bits per heavy atom. The van der Waals surface area contributed by atoms with E-state index in [1.54, 1.807) is 29.8 Å².